The summed E-state index contributed by atoms with van der Waals surface area (Å²) in [6.07, 6.45) is 2.06. The van der Waals surface area contributed by atoms with E-state index in [1.54, 1.807) is 7.05 Å². The zero-order valence-corrected chi connectivity index (χ0v) is 11.8. The van der Waals surface area contributed by atoms with Gasteiger partial charge in [-0.1, -0.05) is 12.1 Å². The van der Waals surface area contributed by atoms with Crippen molar-refractivity contribution < 1.29 is 9.53 Å². The van der Waals surface area contributed by atoms with Crippen LogP contribution in [0.1, 0.15) is 24.0 Å². The lowest BCUT2D eigenvalue weighted by molar-refractivity contribution is -0.126. The lowest BCUT2D eigenvalue weighted by atomic mass is 9.93. The summed E-state index contributed by atoms with van der Waals surface area (Å²) in [5, 5.41) is 3.08. The minimum absolute atomic E-state index is 0.286. The van der Waals surface area contributed by atoms with Gasteiger partial charge in [0.2, 0.25) is 5.91 Å². The molecule has 19 heavy (non-hydrogen) atoms. The standard InChI is InChI=1S/C15H22N2O2/c1-10-5-4-6-13(11(10)2)19-9-15(17-3,14(16)18)12-7-8-12/h4-6,12,17H,7-9H2,1-3H3,(H2,16,18). The van der Waals surface area contributed by atoms with Crippen molar-refractivity contribution >= 4 is 5.91 Å². The first-order chi connectivity index (χ1) is 9.01. The average Bonchev–Trinajstić information content (AvgIpc) is 3.20. The SMILES string of the molecule is CNC(COc1cccc(C)c1C)(C(N)=O)C1CC1. The molecule has 0 radical (unpaired) electrons. The highest BCUT2D eigenvalue weighted by molar-refractivity contribution is 5.85. The van der Waals surface area contributed by atoms with Crippen LogP contribution in [0.25, 0.3) is 0 Å². The van der Waals surface area contributed by atoms with Crippen molar-refractivity contribution in [2.24, 2.45) is 11.7 Å². The van der Waals surface area contributed by atoms with E-state index in [0.717, 1.165) is 24.2 Å². The molecule has 104 valence electrons. The number of hydrogen-bond donors (Lipinski definition) is 2. The molecular formula is C15H22N2O2. The molecule has 1 aromatic carbocycles. The number of ether oxygens (including phenoxy) is 1. The van der Waals surface area contributed by atoms with Gasteiger partial charge in [0.15, 0.2) is 0 Å². The number of nitrogens with one attached hydrogen (secondary N) is 1. The molecule has 0 saturated heterocycles. The summed E-state index contributed by atoms with van der Waals surface area (Å²) in [4.78, 5) is 11.8. The molecule has 1 amide bonds. The summed E-state index contributed by atoms with van der Waals surface area (Å²) in [5.74, 6) is 0.782. The molecule has 1 fully saturated rings. The van der Waals surface area contributed by atoms with Gasteiger partial charge in [-0.15, -0.1) is 0 Å². The molecule has 0 aliphatic heterocycles. The fourth-order valence-electron chi connectivity index (χ4n) is 2.44. The molecule has 1 aromatic rings. The molecule has 0 heterocycles. The molecule has 0 bridgehead atoms. The molecule has 0 aromatic heterocycles. The van der Waals surface area contributed by atoms with E-state index >= 15 is 0 Å². The number of likely N-dealkylation sites (N-methyl/N-ethyl adjacent to an activating group) is 1. The Kier molecular flexibility index (Phi) is 3.80. The molecule has 1 saturated carbocycles. The van der Waals surface area contributed by atoms with Gasteiger partial charge in [-0.25, -0.2) is 0 Å². The maximum absolute atomic E-state index is 11.8. The van der Waals surface area contributed by atoms with E-state index in [1.807, 2.05) is 32.0 Å². The summed E-state index contributed by atoms with van der Waals surface area (Å²) in [6.45, 7) is 4.35. The third-order valence-electron chi connectivity index (χ3n) is 4.17. The van der Waals surface area contributed by atoms with Gasteiger partial charge >= 0.3 is 0 Å². The first-order valence-corrected chi connectivity index (χ1v) is 6.69. The number of rotatable bonds is 6. The Morgan fingerprint density at radius 3 is 2.68 bits per heavy atom. The maximum atomic E-state index is 11.8. The van der Waals surface area contributed by atoms with Crippen LogP contribution in [0.3, 0.4) is 0 Å². The van der Waals surface area contributed by atoms with Gasteiger partial charge in [0.05, 0.1) is 0 Å². The van der Waals surface area contributed by atoms with Gasteiger partial charge in [-0.2, -0.15) is 0 Å². The molecule has 3 N–H and O–H groups in total. The van der Waals surface area contributed by atoms with E-state index in [4.69, 9.17) is 10.5 Å². The highest BCUT2D eigenvalue weighted by atomic mass is 16.5. The normalized spacial score (nSPS) is 17.8. The molecular weight excluding hydrogens is 240 g/mol. The Balaban J connectivity index is 2.15. The average molecular weight is 262 g/mol. The van der Waals surface area contributed by atoms with E-state index in [2.05, 4.69) is 5.32 Å². The van der Waals surface area contributed by atoms with Crippen molar-refractivity contribution in [2.45, 2.75) is 32.2 Å². The minimum Gasteiger partial charge on any atom is -0.491 e. The summed E-state index contributed by atoms with van der Waals surface area (Å²) >= 11 is 0. The smallest absolute Gasteiger partial charge is 0.241 e. The van der Waals surface area contributed by atoms with E-state index in [1.165, 1.54) is 5.56 Å². The first kappa shape index (κ1) is 13.9. The van der Waals surface area contributed by atoms with Crippen LogP contribution in [0.2, 0.25) is 0 Å². The minimum atomic E-state index is -0.740. The predicted octanol–water partition coefficient (Wildman–Crippen LogP) is 1.54. The molecule has 2 rings (SSSR count). The van der Waals surface area contributed by atoms with Gasteiger partial charge in [0.25, 0.3) is 0 Å². The van der Waals surface area contributed by atoms with Crippen LogP contribution in [0.5, 0.6) is 5.75 Å². The monoisotopic (exact) mass is 262 g/mol. The highest BCUT2D eigenvalue weighted by Crippen LogP contribution is 2.40. The van der Waals surface area contributed by atoms with Gasteiger partial charge < -0.3 is 15.8 Å². The van der Waals surface area contributed by atoms with Gasteiger partial charge in [0, 0.05) is 0 Å². The Hall–Kier alpha value is -1.55. The van der Waals surface area contributed by atoms with Crippen molar-refractivity contribution in [3.63, 3.8) is 0 Å². The van der Waals surface area contributed by atoms with Gasteiger partial charge in [0.1, 0.15) is 17.9 Å². The predicted molar refractivity (Wildman–Crippen MR) is 75.1 cm³/mol. The van der Waals surface area contributed by atoms with E-state index in [0.29, 0.717) is 5.92 Å². The first-order valence-electron chi connectivity index (χ1n) is 6.69. The summed E-state index contributed by atoms with van der Waals surface area (Å²) in [7, 11) is 1.77. The van der Waals surface area contributed by atoms with Crippen LogP contribution in [0.15, 0.2) is 18.2 Å². The second-order valence-electron chi connectivity index (χ2n) is 5.35. The summed E-state index contributed by atoms with van der Waals surface area (Å²) in [6, 6.07) is 5.93. The molecule has 1 aliphatic rings. The lowest BCUT2D eigenvalue weighted by Gasteiger charge is -2.30. The molecule has 4 nitrogen and oxygen atoms in total. The van der Waals surface area contributed by atoms with Crippen molar-refractivity contribution in [1.82, 2.24) is 5.32 Å². The van der Waals surface area contributed by atoms with E-state index in [-0.39, 0.29) is 12.5 Å². The van der Waals surface area contributed by atoms with E-state index < -0.39 is 5.54 Å². The number of nitrogens with two attached hydrogens (primary N) is 1. The van der Waals surface area contributed by atoms with Crippen molar-refractivity contribution in [3.8, 4) is 5.75 Å². The third-order valence-corrected chi connectivity index (χ3v) is 4.17. The van der Waals surface area contributed by atoms with Crippen molar-refractivity contribution in [2.75, 3.05) is 13.7 Å². The molecule has 0 spiro atoms. The summed E-state index contributed by atoms with van der Waals surface area (Å²) < 4.78 is 5.87. The quantitative estimate of drug-likeness (QED) is 0.817. The van der Waals surface area contributed by atoms with Crippen LogP contribution in [-0.4, -0.2) is 25.1 Å². The third kappa shape index (κ3) is 2.59. The van der Waals surface area contributed by atoms with Crippen LogP contribution >= 0.6 is 0 Å². The van der Waals surface area contributed by atoms with Crippen LogP contribution in [0.4, 0.5) is 0 Å². The topological polar surface area (TPSA) is 64.3 Å². The molecule has 1 atom stereocenters. The number of hydrogen-bond acceptors (Lipinski definition) is 3. The largest absolute Gasteiger partial charge is 0.491 e. The van der Waals surface area contributed by atoms with E-state index in [9.17, 15) is 4.79 Å². The molecule has 1 unspecified atom stereocenters. The Morgan fingerprint density at radius 1 is 1.47 bits per heavy atom. The lowest BCUT2D eigenvalue weighted by Crippen LogP contribution is -2.59. The van der Waals surface area contributed by atoms with Crippen LogP contribution in [-0.2, 0) is 4.79 Å². The zero-order chi connectivity index (χ0) is 14.0. The summed E-state index contributed by atoms with van der Waals surface area (Å²) in [5.41, 5.74) is 7.12. The number of carbonyl (C=O) groups excluding carboxylic acids is 1. The molecule has 4 heteroatoms. The van der Waals surface area contributed by atoms with Gasteiger partial charge in [-0.3, -0.25) is 4.79 Å². The zero-order valence-electron chi connectivity index (χ0n) is 11.8. The fraction of sp³-hybridized carbons (Fsp3) is 0.533. The number of primary amides is 1. The number of aryl methyl sites for hydroxylation is 1. The van der Waals surface area contributed by atoms with Crippen molar-refractivity contribution in [1.29, 1.82) is 0 Å². The fourth-order valence-corrected chi connectivity index (χ4v) is 2.44. The van der Waals surface area contributed by atoms with Crippen LogP contribution in [0, 0.1) is 19.8 Å². The second kappa shape index (κ2) is 5.21. The number of carbonyl (C=O) groups is 1. The van der Waals surface area contributed by atoms with Crippen molar-refractivity contribution in [3.05, 3.63) is 29.3 Å². The maximum Gasteiger partial charge on any atom is 0.241 e. The Morgan fingerprint density at radius 2 is 2.16 bits per heavy atom. The highest BCUT2D eigenvalue weighted by Gasteiger charge is 2.49. The van der Waals surface area contributed by atoms with Crippen LogP contribution < -0.4 is 15.8 Å². The second-order valence-corrected chi connectivity index (χ2v) is 5.35. The number of benzene rings is 1. The molecule has 1 aliphatic carbocycles. The Labute approximate surface area is 114 Å². The number of amides is 1. The Bertz CT molecular complexity index is 483. The van der Waals surface area contributed by atoms with Gasteiger partial charge in [-0.05, 0) is 56.8 Å².